The lowest BCUT2D eigenvalue weighted by Crippen LogP contribution is -2.33. The molecular formula is C14H23N3O2. The molecule has 1 fully saturated rings. The Morgan fingerprint density at radius 1 is 1.47 bits per heavy atom. The zero-order valence-corrected chi connectivity index (χ0v) is 11.9. The molecule has 2 rings (SSSR count). The van der Waals surface area contributed by atoms with E-state index >= 15 is 0 Å². The van der Waals surface area contributed by atoms with Gasteiger partial charge in [0, 0.05) is 6.54 Å². The molecule has 19 heavy (non-hydrogen) atoms. The summed E-state index contributed by atoms with van der Waals surface area (Å²) in [4.78, 5) is 6.63. The molecular weight excluding hydrogens is 242 g/mol. The van der Waals surface area contributed by atoms with Crippen LogP contribution in [-0.4, -0.2) is 34.9 Å². The molecule has 0 aromatic carbocycles. The number of anilines is 2. The molecule has 1 unspecified atom stereocenters. The van der Waals surface area contributed by atoms with E-state index in [2.05, 4.69) is 9.88 Å². The van der Waals surface area contributed by atoms with Crippen LogP contribution < -0.4 is 15.4 Å². The lowest BCUT2D eigenvalue weighted by molar-refractivity contribution is 0.125. The van der Waals surface area contributed by atoms with Crippen molar-refractivity contribution in [3.8, 4) is 5.88 Å². The number of hydrogen-bond acceptors (Lipinski definition) is 5. The van der Waals surface area contributed by atoms with Crippen molar-refractivity contribution >= 4 is 11.5 Å². The van der Waals surface area contributed by atoms with Gasteiger partial charge in [0.15, 0.2) is 0 Å². The van der Waals surface area contributed by atoms with E-state index < -0.39 is 0 Å². The summed E-state index contributed by atoms with van der Waals surface area (Å²) in [5.74, 6) is 1.29. The Labute approximate surface area is 114 Å². The van der Waals surface area contributed by atoms with Crippen molar-refractivity contribution in [3.63, 3.8) is 0 Å². The first-order valence-corrected chi connectivity index (χ1v) is 6.74. The van der Waals surface area contributed by atoms with E-state index in [-0.39, 0.29) is 18.2 Å². The van der Waals surface area contributed by atoms with Crippen LogP contribution in [0.3, 0.4) is 0 Å². The molecule has 1 aliphatic rings. The van der Waals surface area contributed by atoms with Crippen LogP contribution in [0.1, 0.15) is 33.6 Å². The van der Waals surface area contributed by atoms with Crippen LogP contribution in [0.2, 0.25) is 0 Å². The van der Waals surface area contributed by atoms with Crippen LogP contribution in [-0.2, 0) is 0 Å². The smallest absolute Gasteiger partial charge is 0.239 e. The van der Waals surface area contributed by atoms with Crippen molar-refractivity contribution in [2.45, 2.75) is 45.3 Å². The number of pyridine rings is 1. The summed E-state index contributed by atoms with van der Waals surface area (Å²) in [5.41, 5.74) is 6.12. The summed E-state index contributed by atoms with van der Waals surface area (Å²) in [7, 11) is 0. The third-order valence-electron chi connectivity index (χ3n) is 3.16. The molecule has 1 aromatic heterocycles. The van der Waals surface area contributed by atoms with E-state index in [1.807, 2.05) is 32.9 Å². The zero-order valence-electron chi connectivity index (χ0n) is 11.9. The highest BCUT2D eigenvalue weighted by Gasteiger charge is 2.26. The van der Waals surface area contributed by atoms with E-state index in [1.165, 1.54) is 0 Å². The lowest BCUT2D eigenvalue weighted by atomic mass is 10.2. The molecule has 1 saturated heterocycles. The molecule has 0 saturated carbocycles. The first-order chi connectivity index (χ1) is 8.90. The number of nitrogens with zero attached hydrogens (tertiary/aromatic N) is 2. The monoisotopic (exact) mass is 265 g/mol. The van der Waals surface area contributed by atoms with Gasteiger partial charge in [-0.15, -0.1) is 0 Å². The minimum absolute atomic E-state index is 0.151. The van der Waals surface area contributed by atoms with E-state index in [0.717, 1.165) is 25.2 Å². The van der Waals surface area contributed by atoms with Crippen LogP contribution in [0.4, 0.5) is 11.5 Å². The number of nitrogens with two attached hydrogens (primary N) is 1. The molecule has 0 aliphatic carbocycles. The Kier molecular flexibility index (Phi) is 3.85. The number of aromatic nitrogens is 1. The fourth-order valence-corrected chi connectivity index (χ4v) is 2.30. The highest BCUT2D eigenvalue weighted by molar-refractivity contribution is 5.55. The average molecular weight is 265 g/mol. The number of rotatable bonds is 3. The van der Waals surface area contributed by atoms with E-state index in [9.17, 15) is 5.11 Å². The third-order valence-corrected chi connectivity index (χ3v) is 3.16. The quantitative estimate of drug-likeness (QED) is 0.872. The predicted octanol–water partition coefficient (Wildman–Crippen LogP) is 1.80. The van der Waals surface area contributed by atoms with Gasteiger partial charge in [-0.3, -0.25) is 0 Å². The minimum atomic E-state index is -0.332. The van der Waals surface area contributed by atoms with Gasteiger partial charge >= 0.3 is 0 Å². The normalized spacial score (nSPS) is 19.8. The number of aliphatic hydroxyl groups is 1. The fourth-order valence-electron chi connectivity index (χ4n) is 2.30. The molecule has 1 atom stereocenters. The summed E-state index contributed by atoms with van der Waals surface area (Å²) < 4.78 is 5.78. The molecule has 0 amide bonds. The van der Waals surface area contributed by atoms with Crippen LogP contribution in [0.15, 0.2) is 12.1 Å². The van der Waals surface area contributed by atoms with Gasteiger partial charge in [-0.1, -0.05) is 0 Å². The van der Waals surface area contributed by atoms with E-state index in [4.69, 9.17) is 10.5 Å². The highest BCUT2D eigenvalue weighted by Crippen LogP contribution is 2.29. The Bertz CT molecular complexity index is 443. The van der Waals surface area contributed by atoms with Gasteiger partial charge in [0.2, 0.25) is 5.88 Å². The Morgan fingerprint density at radius 3 is 2.84 bits per heavy atom. The Hall–Kier alpha value is -1.49. The van der Waals surface area contributed by atoms with Crippen LogP contribution >= 0.6 is 0 Å². The highest BCUT2D eigenvalue weighted by atomic mass is 16.5. The standard InChI is InChI=1S/C14H23N3O2/c1-14(2,3)19-13-11(15)6-7-12(16-13)17-8-4-5-10(17)9-18/h6-7,10,18H,4-5,8-9,15H2,1-3H3. The second-order valence-electron chi connectivity index (χ2n) is 5.95. The molecule has 0 bridgehead atoms. The topological polar surface area (TPSA) is 71.6 Å². The molecule has 2 heterocycles. The zero-order chi connectivity index (χ0) is 14.0. The van der Waals surface area contributed by atoms with Crippen molar-refractivity contribution in [3.05, 3.63) is 12.1 Å². The van der Waals surface area contributed by atoms with Gasteiger partial charge in [-0.2, -0.15) is 4.98 Å². The Morgan fingerprint density at radius 2 is 2.21 bits per heavy atom. The molecule has 5 nitrogen and oxygen atoms in total. The van der Waals surface area contributed by atoms with Crippen molar-refractivity contribution in [2.75, 3.05) is 23.8 Å². The molecule has 106 valence electrons. The van der Waals surface area contributed by atoms with Gasteiger partial charge in [-0.25, -0.2) is 0 Å². The van der Waals surface area contributed by atoms with Gasteiger partial charge in [0.25, 0.3) is 0 Å². The van der Waals surface area contributed by atoms with Gasteiger partial charge < -0.3 is 20.5 Å². The third kappa shape index (κ3) is 3.29. The summed E-state index contributed by atoms with van der Waals surface area (Å²) in [6.45, 7) is 6.96. The molecule has 1 aromatic rings. The van der Waals surface area contributed by atoms with Crippen molar-refractivity contribution in [2.24, 2.45) is 0 Å². The second kappa shape index (κ2) is 5.25. The first-order valence-electron chi connectivity index (χ1n) is 6.74. The molecule has 0 radical (unpaired) electrons. The summed E-state index contributed by atoms with van der Waals surface area (Å²) in [6.07, 6.45) is 2.07. The van der Waals surface area contributed by atoms with Gasteiger partial charge in [0.1, 0.15) is 11.4 Å². The lowest BCUT2D eigenvalue weighted by Gasteiger charge is -2.26. The number of ether oxygens (including phenoxy) is 1. The molecule has 3 N–H and O–H groups in total. The number of aliphatic hydroxyl groups excluding tert-OH is 1. The minimum Gasteiger partial charge on any atom is -0.470 e. The largest absolute Gasteiger partial charge is 0.470 e. The first kappa shape index (κ1) is 13.9. The Balaban J connectivity index is 2.25. The maximum absolute atomic E-state index is 9.38. The molecule has 0 spiro atoms. The van der Waals surface area contributed by atoms with Crippen molar-refractivity contribution in [1.29, 1.82) is 0 Å². The second-order valence-corrected chi connectivity index (χ2v) is 5.95. The van der Waals surface area contributed by atoms with E-state index in [1.54, 1.807) is 0 Å². The van der Waals surface area contributed by atoms with Crippen LogP contribution in [0.25, 0.3) is 0 Å². The fraction of sp³-hybridized carbons (Fsp3) is 0.643. The van der Waals surface area contributed by atoms with Crippen molar-refractivity contribution in [1.82, 2.24) is 4.98 Å². The molecule has 5 heteroatoms. The number of hydrogen-bond donors (Lipinski definition) is 2. The average Bonchev–Trinajstić information content (AvgIpc) is 2.78. The van der Waals surface area contributed by atoms with Crippen molar-refractivity contribution < 1.29 is 9.84 Å². The maximum atomic E-state index is 9.38. The summed E-state index contributed by atoms with van der Waals surface area (Å²) in [5, 5.41) is 9.38. The maximum Gasteiger partial charge on any atom is 0.239 e. The molecule has 1 aliphatic heterocycles. The SMILES string of the molecule is CC(C)(C)Oc1nc(N2CCCC2CO)ccc1N. The van der Waals surface area contributed by atoms with Crippen LogP contribution in [0, 0.1) is 0 Å². The van der Waals surface area contributed by atoms with E-state index in [0.29, 0.717) is 11.6 Å². The van der Waals surface area contributed by atoms with Gasteiger partial charge in [-0.05, 0) is 45.7 Å². The number of nitrogen functional groups attached to an aromatic ring is 1. The predicted molar refractivity (Wildman–Crippen MR) is 76.5 cm³/mol. The van der Waals surface area contributed by atoms with Gasteiger partial charge in [0.05, 0.1) is 18.3 Å². The summed E-state index contributed by atoms with van der Waals surface area (Å²) >= 11 is 0. The summed E-state index contributed by atoms with van der Waals surface area (Å²) in [6, 6.07) is 3.85. The van der Waals surface area contributed by atoms with Crippen LogP contribution in [0.5, 0.6) is 5.88 Å².